The number of aliphatic carboxylic acids is 1. The third-order valence-electron chi connectivity index (χ3n) is 6.75. The number of nitrogens with one attached hydrogen (secondary N) is 2. The molecule has 0 spiro atoms. The van der Waals surface area contributed by atoms with E-state index >= 15 is 0 Å². The molecule has 3 unspecified atom stereocenters. The van der Waals surface area contributed by atoms with E-state index in [2.05, 4.69) is 10.6 Å². The highest BCUT2D eigenvalue weighted by atomic mass is 19.4. The summed E-state index contributed by atoms with van der Waals surface area (Å²) in [7, 11) is 1.75. The Morgan fingerprint density at radius 1 is 0.974 bits per heavy atom. The van der Waals surface area contributed by atoms with Crippen LogP contribution >= 0.6 is 0 Å². The number of hydrogen-bond donors (Lipinski definition) is 3. The summed E-state index contributed by atoms with van der Waals surface area (Å²) in [5.74, 6) is -5.69. The van der Waals surface area contributed by atoms with Crippen molar-refractivity contribution in [2.45, 2.75) is 31.0 Å². The summed E-state index contributed by atoms with van der Waals surface area (Å²) >= 11 is 0. The molecule has 1 aliphatic carbocycles. The van der Waals surface area contributed by atoms with Crippen molar-refractivity contribution in [1.29, 1.82) is 0 Å². The van der Waals surface area contributed by atoms with Crippen LogP contribution in [0.3, 0.4) is 0 Å². The molecule has 3 N–H and O–H groups in total. The Morgan fingerprint density at radius 2 is 1.66 bits per heavy atom. The van der Waals surface area contributed by atoms with Crippen LogP contribution in [0.4, 0.5) is 28.9 Å². The highest BCUT2D eigenvalue weighted by Gasteiger charge is 2.47. The summed E-state index contributed by atoms with van der Waals surface area (Å²) in [5.41, 5.74) is -0.152. The Bertz CT molecular complexity index is 1280. The highest BCUT2D eigenvalue weighted by Crippen LogP contribution is 2.44. The van der Waals surface area contributed by atoms with Crippen LogP contribution < -0.4 is 15.4 Å². The maximum absolute atomic E-state index is 14.5. The molecule has 1 saturated carbocycles. The number of alkyl halides is 3. The van der Waals surface area contributed by atoms with Gasteiger partial charge in [-0.05, 0) is 60.9 Å². The third-order valence-corrected chi connectivity index (χ3v) is 6.75. The van der Waals surface area contributed by atoms with E-state index in [9.17, 15) is 32.3 Å². The second-order valence-corrected chi connectivity index (χ2v) is 9.15. The minimum Gasteiger partial charge on any atom is -0.490 e. The fourth-order valence-corrected chi connectivity index (χ4v) is 4.90. The van der Waals surface area contributed by atoms with Crippen molar-refractivity contribution in [3.05, 3.63) is 89.7 Å². The molecule has 1 amide bonds. The second kappa shape index (κ2) is 11.1. The number of hydrogen-bond acceptors (Lipinski definition) is 4. The molecule has 10 heteroatoms. The van der Waals surface area contributed by atoms with Crippen molar-refractivity contribution in [2.24, 2.45) is 11.8 Å². The van der Waals surface area contributed by atoms with Crippen LogP contribution in [0.1, 0.15) is 29.9 Å². The molecule has 0 heterocycles. The van der Waals surface area contributed by atoms with Crippen molar-refractivity contribution < 1.29 is 37.0 Å². The van der Waals surface area contributed by atoms with E-state index in [4.69, 9.17) is 4.74 Å². The number of rotatable bonds is 7. The maximum atomic E-state index is 14.5. The number of halogens is 4. The molecule has 0 radical (unpaired) electrons. The van der Waals surface area contributed by atoms with E-state index in [-0.39, 0.29) is 6.42 Å². The summed E-state index contributed by atoms with van der Waals surface area (Å²) < 4.78 is 59.4. The van der Waals surface area contributed by atoms with Gasteiger partial charge < -0.3 is 20.5 Å². The Hall–Kier alpha value is -4.08. The van der Waals surface area contributed by atoms with E-state index < -0.39 is 59.0 Å². The van der Waals surface area contributed by atoms with Crippen LogP contribution in [0.5, 0.6) is 5.75 Å². The predicted octanol–water partition coefficient (Wildman–Crippen LogP) is 6.17. The molecule has 38 heavy (non-hydrogen) atoms. The Kier molecular flexibility index (Phi) is 7.89. The van der Waals surface area contributed by atoms with E-state index in [1.165, 1.54) is 0 Å². The zero-order chi connectivity index (χ0) is 27.4. The Labute approximate surface area is 216 Å². The average Bonchev–Trinajstić information content (AvgIpc) is 2.89. The summed E-state index contributed by atoms with van der Waals surface area (Å²) in [4.78, 5) is 25.8. The molecular weight excluding hydrogens is 504 g/mol. The monoisotopic (exact) mass is 530 g/mol. The van der Waals surface area contributed by atoms with Gasteiger partial charge in [0.1, 0.15) is 17.7 Å². The first-order chi connectivity index (χ1) is 18.1. The Morgan fingerprint density at radius 3 is 2.24 bits per heavy atom. The smallest absolute Gasteiger partial charge is 0.416 e. The fourth-order valence-electron chi connectivity index (χ4n) is 4.90. The van der Waals surface area contributed by atoms with Crippen molar-refractivity contribution in [2.75, 3.05) is 17.7 Å². The zero-order valence-electron chi connectivity index (χ0n) is 20.3. The van der Waals surface area contributed by atoms with Crippen LogP contribution in [0.25, 0.3) is 0 Å². The van der Waals surface area contributed by atoms with Gasteiger partial charge in [-0.2, -0.15) is 13.2 Å². The standard InChI is InChI=1S/C28H26F4N2O4/c1-33-18-10-7-16(8-11-18)21-14-20(38-19-5-3-2-4-6-19)15-22(25(21)27(36)37)26(35)34-24-12-9-17(13-23(24)29)28(30,31)32/h2-13,20-22,25,33H,14-15H2,1H3,(H,34,35)(H,36,37)/t20?,21-,22?,25?/m1/s1. The molecule has 3 aromatic rings. The van der Waals surface area contributed by atoms with Crippen LogP contribution in [0.2, 0.25) is 0 Å². The fraction of sp³-hybridized carbons (Fsp3) is 0.286. The maximum Gasteiger partial charge on any atom is 0.416 e. The number of amides is 1. The van der Waals surface area contributed by atoms with E-state index in [0.29, 0.717) is 29.9 Å². The number of carbonyl (C=O) groups is 2. The number of ether oxygens (including phenoxy) is 1. The number of para-hydroxylation sites is 1. The van der Waals surface area contributed by atoms with Gasteiger partial charge in [-0.3, -0.25) is 9.59 Å². The molecule has 0 aromatic heterocycles. The minimum absolute atomic E-state index is 0.0189. The largest absolute Gasteiger partial charge is 0.490 e. The first-order valence-corrected chi connectivity index (χ1v) is 12.0. The minimum atomic E-state index is -4.75. The van der Waals surface area contributed by atoms with Crippen LogP contribution in [-0.4, -0.2) is 30.1 Å². The number of carboxylic acid groups (broad SMARTS) is 1. The zero-order valence-corrected chi connectivity index (χ0v) is 20.3. The van der Waals surface area contributed by atoms with Gasteiger partial charge in [0, 0.05) is 18.7 Å². The summed E-state index contributed by atoms with van der Waals surface area (Å²) in [6, 6.07) is 17.8. The lowest BCUT2D eigenvalue weighted by molar-refractivity contribution is -0.150. The number of carboxylic acids is 1. The van der Waals surface area contributed by atoms with Gasteiger partial charge in [0.05, 0.1) is 23.1 Å². The lowest BCUT2D eigenvalue weighted by atomic mass is 9.67. The Balaban J connectivity index is 1.66. The second-order valence-electron chi connectivity index (χ2n) is 9.15. The summed E-state index contributed by atoms with van der Waals surface area (Å²) in [6.07, 6.45) is -4.97. The normalized spacial score (nSPS) is 21.4. The number of anilines is 2. The van der Waals surface area contributed by atoms with Crippen molar-refractivity contribution >= 4 is 23.3 Å². The number of carbonyl (C=O) groups excluding carboxylic acids is 1. The lowest BCUT2D eigenvalue weighted by Crippen LogP contribution is -2.45. The van der Waals surface area contributed by atoms with E-state index in [1.54, 1.807) is 55.6 Å². The molecule has 1 aliphatic rings. The molecule has 6 nitrogen and oxygen atoms in total. The molecule has 0 saturated heterocycles. The quantitative estimate of drug-likeness (QED) is 0.318. The molecule has 0 aliphatic heterocycles. The molecule has 3 aromatic carbocycles. The van der Waals surface area contributed by atoms with Gasteiger partial charge in [0.25, 0.3) is 0 Å². The first kappa shape index (κ1) is 27.0. The average molecular weight is 531 g/mol. The van der Waals surface area contributed by atoms with E-state index in [0.717, 1.165) is 11.8 Å². The first-order valence-electron chi connectivity index (χ1n) is 12.0. The van der Waals surface area contributed by atoms with Crippen molar-refractivity contribution in [3.63, 3.8) is 0 Å². The topological polar surface area (TPSA) is 87.7 Å². The molecule has 0 bridgehead atoms. The summed E-state index contributed by atoms with van der Waals surface area (Å²) in [6.45, 7) is 0. The van der Waals surface area contributed by atoms with Gasteiger partial charge in [0.2, 0.25) is 5.91 Å². The van der Waals surface area contributed by atoms with Gasteiger partial charge in [0.15, 0.2) is 0 Å². The highest BCUT2D eigenvalue weighted by molar-refractivity contribution is 5.95. The lowest BCUT2D eigenvalue weighted by Gasteiger charge is -2.39. The van der Waals surface area contributed by atoms with Gasteiger partial charge in [-0.1, -0.05) is 30.3 Å². The molecular formula is C28H26F4N2O4. The van der Waals surface area contributed by atoms with Gasteiger partial charge in [-0.25, -0.2) is 4.39 Å². The van der Waals surface area contributed by atoms with Crippen molar-refractivity contribution in [3.8, 4) is 5.75 Å². The third kappa shape index (κ3) is 6.07. The molecule has 4 atom stereocenters. The van der Waals surface area contributed by atoms with Gasteiger partial charge in [-0.15, -0.1) is 0 Å². The molecule has 200 valence electrons. The molecule has 4 rings (SSSR count). The van der Waals surface area contributed by atoms with Crippen LogP contribution in [0.15, 0.2) is 72.8 Å². The van der Waals surface area contributed by atoms with Crippen LogP contribution in [-0.2, 0) is 15.8 Å². The number of benzene rings is 3. The SMILES string of the molecule is CNc1ccc([C@H]2CC(Oc3ccccc3)CC(C(=O)Nc3ccc(C(F)(F)F)cc3F)C2C(=O)O)cc1. The van der Waals surface area contributed by atoms with Crippen LogP contribution in [0, 0.1) is 17.7 Å². The van der Waals surface area contributed by atoms with E-state index in [1.807, 2.05) is 6.07 Å². The van der Waals surface area contributed by atoms with Gasteiger partial charge >= 0.3 is 12.1 Å². The van der Waals surface area contributed by atoms with Crippen molar-refractivity contribution in [1.82, 2.24) is 0 Å². The predicted molar refractivity (Wildman–Crippen MR) is 133 cm³/mol. The molecule has 1 fully saturated rings. The summed E-state index contributed by atoms with van der Waals surface area (Å²) in [5, 5.41) is 15.5.